The van der Waals surface area contributed by atoms with Gasteiger partial charge in [-0.2, -0.15) is 0 Å². The lowest BCUT2D eigenvalue weighted by Gasteiger charge is -2.10. The van der Waals surface area contributed by atoms with Crippen LogP contribution < -0.4 is 11.1 Å². The number of H-pyrrole nitrogens is 1. The van der Waals surface area contributed by atoms with Crippen LogP contribution >= 0.6 is 11.8 Å². The summed E-state index contributed by atoms with van der Waals surface area (Å²) in [7, 11) is 0. The molecule has 0 aliphatic carbocycles. The number of primary amides is 1. The molecular weight excluding hydrogens is 334 g/mol. The Bertz CT molecular complexity index is 904. The molecule has 6 heteroatoms. The molecule has 0 spiro atoms. The van der Waals surface area contributed by atoms with Gasteiger partial charge >= 0.3 is 0 Å². The molecule has 128 valence electrons. The van der Waals surface area contributed by atoms with E-state index in [9.17, 15) is 9.59 Å². The zero-order chi connectivity index (χ0) is 17.6. The van der Waals surface area contributed by atoms with Crippen LogP contribution in [-0.4, -0.2) is 22.6 Å². The molecule has 0 unspecified atom stereocenters. The fourth-order valence-electron chi connectivity index (χ4n) is 2.64. The average molecular weight is 353 g/mol. The Hall–Kier alpha value is -2.73. The first-order valence-corrected chi connectivity index (χ1v) is 8.97. The van der Waals surface area contributed by atoms with Gasteiger partial charge in [0.25, 0.3) is 0 Å². The van der Waals surface area contributed by atoms with Gasteiger partial charge < -0.3 is 16.0 Å². The van der Waals surface area contributed by atoms with E-state index in [0.29, 0.717) is 18.5 Å². The number of aromatic amines is 1. The van der Waals surface area contributed by atoms with E-state index in [0.717, 1.165) is 21.4 Å². The lowest BCUT2D eigenvalue weighted by atomic mass is 10.1. The number of carbonyl (C=O) groups excluding carboxylic acids is 2. The molecule has 1 heterocycles. The Morgan fingerprint density at radius 2 is 1.84 bits per heavy atom. The molecule has 4 N–H and O–H groups in total. The minimum Gasteiger partial charge on any atom is -0.369 e. The van der Waals surface area contributed by atoms with E-state index >= 15 is 0 Å². The van der Waals surface area contributed by atoms with Crippen molar-refractivity contribution in [1.29, 1.82) is 0 Å². The van der Waals surface area contributed by atoms with E-state index in [1.807, 2.05) is 48.7 Å². The number of nitrogens with two attached hydrogens (primary N) is 1. The van der Waals surface area contributed by atoms with Gasteiger partial charge in [-0.25, -0.2) is 0 Å². The quantitative estimate of drug-likeness (QED) is 0.569. The number of fused-ring (bicyclic) bond motifs is 1. The van der Waals surface area contributed by atoms with Crippen molar-refractivity contribution >= 4 is 40.2 Å². The predicted octanol–water partition coefficient (Wildman–Crippen LogP) is 3.32. The van der Waals surface area contributed by atoms with Crippen molar-refractivity contribution in [1.82, 2.24) is 4.98 Å². The fraction of sp³-hybridized carbons (Fsp3) is 0.158. The van der Waals surface area contributed by atoms with Crippen LogP contribution in [0.15, 0.2) is 59.6 Å². The van der Waals surface area contributed by atoms with Gasteiger partial charge in [0.15, 0.2) is 0 Å². The standard InChI is InChI=1S/C19H19N3O2S/c20-18(23)12-25-17-8-4-3-7-16(17)22-19(24)10-9-13-11-21-15-6-2-1-5-14(13)15/h1-8,11,21H,9-10,12H2,(H2,20,23)(H,22,24). The monoisotopic (exact) mass is 353 g/mol. The first-order chi connectivity index (χ1) is 12.1. The number of carbonyl (C=O) groups is 2. The highest BCUT2D eigenvalue weighted by Gasteiger charge is 2.10. The van der Waals surface area contributed by atoms with Gasteiger partial charge in [-0.15, -0.1) is 11.8 Å². The Morgan fingerprint density at radius 3 is 2.68 bits per heavy atom. The van der Waals surface area contributed by atoms with E-state index in [4.69, 9.17) is 5.73 Å². The van der Waals surface area contributed by atoms with Crippen molar-refractivity contribution in [3.05, 3.63) is 60.3 Å². The molecule has 3 rings (SSSR count). The van der Waals surface area contributed by atoms with Gasteiger partial charge in [-0.3, -0.25) is 9.59 Å². The normalized spacial score (nSPS) is 10.7. The molecule has 2 aromatic carbocycles. The predicted molar refractivity (Wildman–Crippen MR) is 102 cm³/mol. The molecule has 0 atom stereocenters. The maximum absolute atomic E-state index is 12.3. The van der Waals surface area contributed by atoms with E-state index in [2.05, 4.69) is 16.4 Å². The van der Waals surface area contributed by atoms with Gasteiger partial charge in [0, 0.05) is 28.4 Å². The minimum atomic E-state index is -0.384. The SMILES string of the molecule is NC(=O)CSc1ccccc1NC(=O)CCc1c[nH]c2ccccc12. The average Bonchev–Trinajstić information content (AvgIpc) is 3.02. The second-order valence-electron chi connectivity index (χ2n) is 5.66. The number of para-hydroxylation sites is 2. The molecule has 0 radical (unpaired) electrons. The summed E-state index contributed by atoms with van der Waals surface area (Å²) < 4.78 is 0. The van der Waals surface area contributed by atoms with Crippen molar-refractivity contribution < 1.29 is 9.59 Å². The van der Waals surface area contributed by atoms with Crippen molar-refractivity contribution in [2.75, 3.05) is 11.1 Å². The zero-order valence-electron chi connectivity index (χ0n) is 13.6. The second-order valence-corrected chi connectivity index (χ2v) is 6.68. The number of anilines is 1. The summed E-state index contributed by atoms with van der Waals surface area (Å²) in [5.41, 5.74) is 8.10. The van der Waals surface area contributed by atoms with E-state index in [1.54, 1.807) is 0 Å². The molecule has 3 aromatic rings. The molecule has 5 nitrogen and oxygen atoms in total. The van der Waals surface area contributed by atoms with Crippen molar-refractivity contribution in [2.45, 2.75) is 17.7 Å². The summed E-state index contributed by atoms with van der Waals surface area (Å²) in [5.74, 6) is -0.259. The number of nitrogens with one attached hydrogen (secondary N) is 2. The lowest BCUT2D eigenvalue weighted by Crippen LogP contribution is -2.15. The van der Waals surface area contributed by atoms with Crippen LogP contribution in [0.4, 0.5) is 5.69 Å². The Balaban J connectivity index is 1.62. The summed E-state index contributed by atoms with van der Waals surface area (Å²) in [6, 6.07) is 15.5. The topological polar surface area (TPSA) is 88.0 Å². The van der Waals surface area contributed by atoms with Crippen LogP contribution in [0.3, 0.4) is 0 Å². The van der Waals surface area contributed by atoms with E-state index in [-0.39, 0.29) is 17.6 Å². The molecule has 0 bridgehead atoms. The van der Waals surface area contributed by atoms with Crippen molar-refractivity contribution in [2.24, 2.45) is 5.73 Å². The van der Waals surface area contributed by atoms with E-state index in [1.165, 1.54) is 11.8 Å². The molecule has 0 aliphatic heterocycles. The number of aryl methyl sites for hydroxylation is 1. The Kier molecular flexibility index (Phi) is 5.40. The number of aromatic nitrogens is 1. The van der Waals surface area contributed by atoms with E-state index < -0.39 is 0 Å². The third-order valence-corrected chi connectivity index (χ3v) is 4.92. The lowest BCUT2D eigenvalue weighted by molar-refractivity contribution is -0.116. The first-order valence-electron chi connectivity index (χ1n) is 7.98. The third kappa shape index (κ3) is 4.42. The van der Waals surface area contributed by atoms with Crippen LogP contribution in [0, 0.1) is 0 Å². The van der Waals surface area contributed by atoms with Crippen LogP contribution in [0.25, 0.3) is 10.9 Å². The molecule has 0 aliphatic rings. The highest BCUT2D eigenvalue weighted by molar-refractivity contribution is 8.00. The Morgan fingerprint density at radius 1 is 1.08 bits per heavy atom. The van der Waals surface area contributed by atoms with Gasteiger partial charge in [-0.05, 0) is 30.2 Å². The van der Waals surface area contributed by atoms with Crippen molar-refractivity contribution in [3.63, 3.8) is 0 Å². The third-order valence-electron chi connectivity index (χ3n) is 3.83. The summed E-state index contributed by atoms with van der Waals surface area (Å²) in [6.07, 6.45) is 3.00. The molecule has 1 aromatic heterocycles. The number of hydrogen-bond acceptors (Lipinski definition) is 3. The molecule has 0 saturated carbocycles. The first kappa shape index (κ1) is 17.1. The summed E-state index contributed by atoms with van der Waals surface area (Å²) in [5, 5.41) is 4.07. The molecule has 25 heavy (non-hydrogen) atoms. The van der Waals surface area contributed by atoms with Gasteiger partial charge in [0.2, 0.25) is 11.8 Å². The Labute approximate surface area is 150 Å². The number of thioether (sulfide) groups is 1. The van der Waals surface area contributed by atoms with Crippen molar-refractivity contribution in [3.8, 4) is 0 Å². The summed E-state index contributed by atoms with van der Waals surface area (Å²) in [6.45, 7) is 0. The number of amides is 2. The largest absolute Gasteiger partial charge is 0.369 e. The van der Waals surface area contributed by atoms with Crippen LogP contribution in [0.1, 0.15) is 12.0 Å². The van der Waals surface area contributed by atoms with Crippen LogP contribution in [0.5, 0.6) is 0 Å². The highest BCUT2D eigenvalue weighted by atomic mass is 32.2. The smallest absolute Gasteiger partial charge is 0.227 e. The maximum Gasteiger partial charge on any atom is 0.227 e. The van der Waals surface area contributed by atoms with Gasteiger partial charge in [0.1, 0.15) is 0 Å². The van der Waals surface area contributed by atoms with Gasteiger partial charge in [0.05, 0.1) is 11.4 Å². The van der Waals surface area contributed by atoms with Crippen LogP contribution in [0.2, 0.25) is 0 Å². The summed E-state index contributed by atoms with van der Waals surface area (Å²) >= 11 is 1.32. The maximum atomic E-state index is 12.3. The number of rotatable bonds is 7. The molecular formula is C19H19N3O2S. The zero-order valence-corrected chi connectivity index (χ0v) is 14.4. The molecule has 0 fully saturated rings. The number of hydrogen-bond donors (Lipinski definition) is 3. The molecule has 2 amide bonds. The second kappa shape index (κ2) is 7.90. The number of benzene rings is 2. The highest BCUT2D eigenvalue weighted by Crippen LogP contribution is 2.27. The minimum absolute atomic E-state index is 0.0580. The van der Waals surface area contributed by atoms with Crippen LogP contribution in [-0.2, 0) is 16.0 Å². The fourth-order valence-corrected chi connectivity index (χ4v) is 3.39. The molecule has 0 saturated heterocycles. The van der Waals surface area contributed by atoms with Gasteiger partial charge in [-0.1, -0.05) is 30.3 Å². The summed E-state index contributed by atoms with van der Waals surface area (Å²) in [4.78, 5) is 27.3.